The van der Waals surface area contributed by atoms with Crippen molar-refractivity contribution in [3.63, 3.8) is 0 Å². The summed E-state index contributed by atoms with van der Waals surface area (Å²) < 4.78 is 0. The zero-order chi connectivity index (χ0) is 19.8. The van der Waals surface area contributed by atoms with Crippen molar-refractivity contribution in [3.8, 4) is 11.4 Å². The van der Waals surface area contributed by atoms with Gasteiger partial charge in [-0.1, -0.05) is 48.5 Å². The van der Waals surface area contributed by atoms with Crippen LogP contribution in [0.3, 0.4) is 0 Å². The molecule has 1 aliphatic rings. The number of para-hydroxylation sites is 1. The molecular weight excluding hydrogens is 356 g/mol. The van der Waals surface area contributed by atoms with E-state index in [-0.39, 0.29) is 0 Å². The first-order valence-electron chi connectivity index (χ1n) is 9.82. The monoisotopic (exact) mass is 378 g/mol. The molecule has 4 aromatic rings. The molecule has 5 rings (SSSR count). The van der Waals surface area contributed by atoms with E-state index < -0.39 is 0 Å². The number of nitrogens with zero attached hydrogens (tertiary/aromatic N) is 2. The van der Waals surface area contributed by atoms with Crippen molar-refractivity contribution in [2.24, 2.45) is 0 Å². The topological polar surface area (TPSA) is 49.8 Å². The molecule has 142 valence electrons. The second-order valence-electron chi connectivity index (χ2n) is 7.47. The summed E-state index contributed by atoms with van der Waals surface area (Å²) in [6.45, 7) is 5.05. The molecule has 0 radical (unpaired) electrons. The van der Waals surface area contributed by atoms with Crippen molar-refractivity contribution >= 4 is 27.5 Å². The molecule has 0 bridgehead atoms. The molecule has 4 nitrogen and oxygen atoms in total. The average molecular weight is 378 g/mol. The Kier molecular flexibility index (Phi) is 4.24. The highest BCUT2D eigenvalue weighted by Crippen LogP contribution is 2.28. The smallest absolute Gasteiger partial charge is 0.162 e. The third kappa shape index (κ3) is 3.34. The second kappa shape index (κ2) is 7.06. The number of fused-ring (bicyclic) bond motifs is 2. The standard InChI is InChI=1S/C25H22N4/c1-16-15-26-17(2)13-23(16)28-25-21-9-5-6-10-22(21)27-24(29-25)20-12-11-18-7-3-4-8-19(18)14-20/h3-14,26H,15H2,1-2H3,(H,27,28,29). The van der Waals surface area contributed by atoms with E-state index in [1.165, 1.54) is 16.3 Å². The molecule has 4 heteroatoms. The zero-order valence-corrected chi connectivity index (χ0v) is 16.5. The van der Waals surface area contributed by atoms with Gasteiger partial charge in [0.25, 0.3) is 0 Å². The maximum atomic E-state index is 4.93. The first-order chi connectivity index (χ1) is 14.2. The molecule has 1 aliphatic heterocycles. The molecule has 0 aliphatic carbocycles. The van der Waals surface area contributed by atoms with Crippen LogP contribution in [0.2, 0.25) is 0 Å². The number of dihydropyridines is 1. The summed E-state index contributed by atoms with van der Waals surface area (Å²) in [7, 11) is 0. The van der Waals surface area contributed by atoms with Crippen molar-refractivity contribution in [2.45, 2.75) is 13.8 Å². The number of benzene rings is 3. The minimum atomic E-state index is 0.727. The van der Waals surface area contributed by atoms with Crippen LogP contribution in [0, 0.1) is 0 Å². The van der Waals surface area contributed by atoms with E-state index in [1.807, 2.05) is 18.2 Å². The number of rotatable bonds is 3. The molecular formula is C25H22N4. The third-order valence-electron chi connectivity index (χ3n) is 5.32. The largest absolute Gasteiger partial charge is 0.385 e. The molecule has 0 amide bonds. The van der Waals surface area contributed by atoms with Gasteiger partial charge in [0.1, 0.15) is 5.82 Å². The number of hydrogen-bond acceptors (Lipinski definition) is 4. The first kappa shape index (κ1) is 17.4. The molecule has 0 unspecified atom stereocenters. The Morgan fingerprint density at radius 3 is 2.55 bits per heavy atom. The van der Waals surface area contributed by atoms with E-state index in [9.17, 15) is 0 Å². The quantitative estimate of drug-likeness (QED) is 0.484. The minimum absolute atomic E-state index is 0.727. The van der Waals surface area contributed by atoms with Crippen molar-refractivity contribution in [2.75, 3.05) is 11.9 Å². The van der Waals surface area contributed by atoms with Crippen molar-refractivity contribution in [1.82, 2.24) is 15.3 Å². The van der Waals surface area contributed by atoms with Gasteiger partial charge in [-0.15, -0.1) is 0 Å². The number of anilines is 1. The number of allylic oxidation sites excluding steroid dienone is 2. The van der Waals surface area contributed by atoms with Gasteiger partial charge in [0.2, 0.25) is 0 Å². The number of aromatic nitrogens is 2. The summed E-state index contributed by atoms with van der Waals surface area (Å²) in [6, 6.07) is 22.9. The Bertz CT molecular complexity index is 1300. The molecule has 29 heavy (non-hydrogen) atoms. The Morgan fingerprint density at radius 1 is 0.862 bits per heavy atom. The van der Waals surface area contributed by atoms with Crippen LogP contribution in [0.5, 0.6) is 0 Å². The molecule has 0 fully saturated rings. The van der Waals surface area contributed by atoms with Crippen LogP contribution < -0.4 is 10.6 Å². The predicted octanol–water partition coefficient (Wildman–Crippen LogP) is 5.64. The van der Waals surface area contributed by atoms with Gasteiger partial charge in [0.15, 0.2) is 5.82 Å². The van der Waals surface area contributed by atoms with E-state index >= 15 is 0 Å². The van der Waals surface area contributed by atoms with E-state index in [4.69, 9.17) is 9.97 Å². The summed E-state index contributed by atoms with van der Waals surface area (Å²) in [6.07, 6.45) is 2.13. The lowest BCUT2D eigenvalue weighted by atomic mass is 10.1. The fourth-order valence-corrected chi connectivity index (χ4v) is 3.66. The SMILES string of the molecule is CC1=CC(Nc2nc(-c3ccc4ccccc4c3)nc3ccccc23)=C(C)CN1. The van der Waals surface area contributed by atoms with Crippen molar-refractivity contribution in [3.05, 3.63) is 89.8 Å². The van der Waals surface area contributed by atoms with Crippen LogP contribution in [0.1, 0.15) is 13.8 Å². The number of hydrogen-bond donors (Lipinski definition) is 2. The van der Waals surface area contributed by atoms with Gasteiger partial charge in [0, 0.05) is 28.9 Å². The van der Waals surface area contributed by atoms with Gasteiger partial charge in [-0.2, -0.15) is 0 Å². The van der Waals surface area contributed by atoms with Crippen LogP contribution in [0.15, 0.2) is 89.8 Å². The maximum absolute atomic E-state index is 4.93. The lowest BCUT2D eigenvalue weighted by molar-refractivity contribution is 0.840. The Labute approximate surface area is 170 Å². The van der Waals surface area contributed by atoms with Gasteiger partial charge >= 0.3 is 0 Å². The third-order valence-corrected chi connectivity index (χ3v) is 5.32. The average Bonchev–Trinajstić information content (AvgIpc) is 2.76. The Balaban J connectivity index is 1.65. The predicted molar refractivity (Wildman–Crippen MR) is 121 cm³/mol. The summed E-state index contributed by atoms with van der Waals surface area (Å²) >= 11 is 0. The maximum Gasteiger partial charge on any atom is 0.162 e. The highest BCUT2D eigenvalue weighted by atomic mass is 15.1. The van der Waals surface area contributed by atoms with Gasteiger partial charge < -0.3 is 10.6 Å². The first-order valence-corrected chi connectivity index (χ1v) is 9.82. The lowest BCUT2D eigenvalue weighted by Gasteiger charge is -2.20. The lowest BCUT2D eigenvalue weighted by Crippen LogP contribution is -2.21. The molecule has 0 saturated carbocycles. The van der Waals surface area contributed by atoms with E-state index in [1.54, 1.807) is 0 Å². The number of nitrogens with one attached hydrogen (secondary N) is 2. The van der Waals surface area contributed by atoms with Crippen LogP contribution in [-0.4, -0.2) is 16.5 Å². The molecule has 2 N–H and O–H groups in total. The van der Waals surface area contributed by atoms with E-state index in [2.05, 4.69) is 79.1 Å². The van der Waals surface area contributed by atoms with Gasteiger partial charge in [-0.05, 0) is 54.5 Å². The zero-order valence-electron chi connectivity index (χ0n) is 16.5. The fourth-order valence-electron chi connectivity index (χ4n) is 3.66. The summed E-state index contributed by atoms with van der Waals surface area (Å²) in [4.78, 5) is 9.77. The van der Waals surface area contributed by atoms with Crippen molar-refractivity contribution < 1.29 is 0 Å². The van der Waals surface area contributed by atoms with Gasteiger partial charge in [0.05, 0.1) is 5.52 Å². The Morgan fingerprint density at radius 2 is 1.66 bits per heavy atom. The van der Waals surface area contributed by atoms with E-state index in [0.29, 0.717) is 0 Å². The second-order valence-corrected chi connectivity index (χ2v) is 7.47. The Hall–Kier alpha value is -3.66. The van der Waals surface area contributed by atoms with E-state index in [0.717, 1.165) is 46.0 Å². The summed E-state index contributed by atoms with van der Waals surface area (Å²) in [5.74, 6) is 1.56. The highest BCUT2D eigenvalue weighted by molar-refractivity contribution is 5.92. The minimum Gasteiger partial charge on any atom is -0.385 e. The van der Waals surface area contributed by atoms with Crippen LogP contribution in [0.4, 0.5) is 5.82 Å². The van der Waals surface area contributed by atoms with Gasteiger partial charge in [-0.3, -0.25) is 0 Å². The summed E-state index contributed by atoms with van der Waals surface area (Å²) in [5.41, 5.74) is 5.44. The molecule has 0 saturated heterocycles. The summed E-state index contributed by atoms with van der Waals surface area (Å²) in [5, 5.41) is 10.3. The molecule has 2 heterocycles. The highest BCUT2D eigenvalue weighted by Gasteiger charge is 2.13. The van der Waals surface area contributed by atoms with Crippen LogP contribution in [-0.2, 0) is 0 Å². The molecule has 0 spiro atoms. The normalized spacial score (nSPS) is 14.1. The molecule has 0 atom stereocenters. The molecule has 1 aromatic heterocycles. The van der Waals surface area contributed by atoms with Crippen molar-refractivity contribution in [1.29, 1.82) is 0 Å². The van der Waals surface area contributed by atoms with Crippen LogP contribution >= 0.6 is 0 Å². The molecule has 3 aromatic carbocycles. The van der Waals surface area contributed by atoms with Crippen LogP contribution in [0.25, 0.3) is 33.1 Å². The van der Waals surface area contributed by atoms with Gasteiger partial charge in [-0.25, -0.2) is 9.97 Å². The fraction of sp³-hybridized carbons (Fsp3) is 0.120.